The van der Waals surface area contributed by atoms with Crippen LogP contribution in [0.2, 0.25) is 5.02 Å². The molecular weight excluding hydrogens is 326 g/mol. The molecule has 19 heavy (non-hydrogen) atoms. The van der Waals surface area contributed by atoms with Crippen molar-refractivity contribution in [3.8, 4) is 0 Å². The molecule has 1 aromatic heterocycles. The molecule has 1 saturated carbocycles. The van der Waals surface area contributed by atoms with Crippen LogP contribution in [0.1, 0.15) is 37.5 Å². The van der Waals surface area contributed by atoms with Crippen molar-refractivity contribution in [2.75, 3.05) is 0 Å². The number of benzene rings is 1. The molecule has 0 bridgehead atoms. The second kappa shape index (κ2) is 5.47. The second-order valence-corrected chi connectivity index (χ2v) is 6.40. The highest BCUT2D eigenvalue weighted by Gasteiger charge is 2.23. The largest absolute Gasteiger partial charge is 0.458 e. The Morgan fingerprint density at radius 3 is 2.89 bits per heavy atom. The van der Waals surface area contributed by atoms with Gasteiger partial charge in [0.2, 0.25) is 0 Å². The van der Waals surface area contributed by atoms with Gasteiger partial charge in [-0.1, -0.05) is 40.9 Å². The van der Waals surface area contributed by atoms with E-state index < -0.39 is 0 Å². The van der Waals surface area contributed by atoms with E-state index in [-0.39, 0.29) is 0 Å². The lowest BCUT2D eigenvalue weighted by molar-refractivity contribution is 0.506. The highest BCUT2D eigenvalue weighted by molar-refractivity contribution is 9.10. The molecule has 1 heterocycles. The Morgan fingerprint density at radius 1 is 1.42 bits per heavy atom. The van der Waals surface area contributed by atoms with Gasteiger partial charge in [-0.3, -0.25) is 0 Å². The Labute approximate surface area is 126 Å². The number of hydrogen-bond acceptors (Lipinski definition) is 2. The molecule has 2 aromatic rings. The van der Waals surface area contributed by atoms with Gasteiger partial charge < -0.3 is 9.73 Å². The molecule has 0 unspecified atom stereocenters. The normalized spacial score (nSPS) is 15.3. The summed E-state index contributed by atoms with van der Waals surface area (Å²) in [5.74, 6) is 1.04. The van der Waals surface area contributed by atoms with Crippen LogP contribution in [0.4, 0.5) is 0 Å². The summed E-state index contributed by atoms with van der Waals surface area (Å²) in [4.78, 5) is 0. The maximum absolute atomic E-state index is 6.25. The molecule has 4 heteroatoms. The van der Waals surface area contributed by atoms with Crippen LogP contribution in [-0.4, -0.2) is 6.04 Å². The number of nitrogens with one attached hydrogen (secondary N) is 1. The molecule has 0 amide bonds. The lowest BCUT2D eigenvalue weighted by atomic mass is 10.1. The standard InChI is InChI=1S/C15H17BrClNO/c1-2-3-10-13(8-18-9-4-5-9)19-15-12(17)7-6-11(16)14(10)15/h6-7,9,18H,2-5,8H2,1H3. The first kappa shape index (κ1) is 13.5. The van der Waals surface area contributed by atoms with Crippen molar-refractivity contribution in [3.63, 3.8) is 0 Å². The monoisotopic (exact) mass is 341 g/mol. The zero-order valence-corrected chi connectivity index (χ0v) is 13.3. The maximum atomic E-state index is 6.25. The first-order valence-corrected chi connectivity index (χ1v) is 7.99. The zero-order chi connectivity index (χ0) is 13.4. The quantitative estimate of drug-likeness (QED) is 0.822. The molecule has 102 valence electrons. The minimum Gasteiger partial charge on any atom is -0.458 e. The zero-order valence-electron chi connectivity index (χ0n) is 10.9. The van der Waals surface area contributed by atoms with Gasteiger partial charge in [0.25, 0.3) is 0 Å². The highest BCUT2D eigenvalue weighted by atomic mass is 79.9. The van der Waals surface area contributed by atoms with Crippen molar-refractivity contribution < 1.29 is 4.42 Å². The molecule has 1 aliphatic carbocycles. The number of furan rings is 1. The van der Waals surface area contributed by atoms with E-state index in [2.05, 4.69) is 28.2 Å². The molecule has 3 rings (SSSR count). The van der Waals surface area contributed by atoms with Crippen molar-refractivity contribution in [1.82, 2.24) is 5.32 Å². The predicted molar refractivity (Wildman–Crippen MR) is 82.8 cm³/mol. The Kier molecular flexibility index (Phi) is 3.88. The van der Waals surface area contributed by atoms with E-state index in [0.29, 0.717) is 11.1 Å². The number of fused-ring (bicyclic) bond motifs is 1. The predicted octanol–water partition coefficient (Wildman–Crippen LogP) is 5.05. The number of aryl methyl sites for hydroxylation is 1. The molecular formula is C15H17BrClNO. The summed E-state index contributed by atoms with van der Waals surface area (Å²) in [6, 6.07) is 4.56. The third-order valence-corrected chi connectivity index (χ3v) is 4.51. The minimum absolute atomic E-state index is 0.682. The van der Waals surface area contributed by atoms with Crippen molar-refractivity contribution in [2.45, 2.75) is 45.2 Å². The highest BCUT2D eigenvalue weighted by Crippen LogP contribution is 2.37. The van der Waals surface area contributed by atoms with Gasteiger partial charge in [-0.2, -0.15) is 0 Å². The molecule has 2 nitrogen and oxygen atoms in total. The number of hydrogen-bond donors (Lipinski definition) is 1. The Bertz CT molecular complexity index is 604. The average Bonchev–Trinajstić information content (AvgIpc) is 3.15. The molecule has 1 fully saturated rings. The average molecular weight is 343 g/mol. The van der Waals surface area contributed by atoms with Gasteiger partial charge >= 0.3 is 0 Å². The fourth-order valence-corrected chi connectivity index (χ4v) is 3.17. The second-order valence-electron chi connectivity index (χ2n) is 5.14. The Balaban J connectivity index is 2.05. The van der Waals surface area contributed by atoms with E-state index in [4.69, 9.17) is 16.0 Å². The van der Waals surface area contributed by atoms with E-state index >= 15 is 0 Å². The maximum Gasteiger partial charge on any atom is 0.154 e. The van der Waals surface area contributed by atoms with Gasteiger partial charge in [0.1, 0.15) is 5.76 Å². The molecule has 1 N–H and O–H groups in total. The van der Waals surface area contributed by atoms with Gasteiger partial charge in [-0.05, 0) is 31.4 Å². The summed E-state index contributed by atoms with van der Waals surface area (Å²) in [5.41, 5.74) is 2.10. The van der Waals surface area contributed by atoms with Crippen LogP contribution in [0, 0.1) is 0 Å². The molecule has 0 spiro atoms. The minimum atomic E-state index is 0.682. The van der Waals surface area contributed by atoms with Crippen LogP contribution in [-0.2, 0) is 13.0 Å². The number of rotatable bonds is 5. The van der Waals surface area contributed by atoms with Gasteiger partial charge in [0.05, 0.1) is 11.6 Å². The molecule has 0 atom stereocenters. The van der Waals surface area contributed by atoms with E-state index in [1.165, 1.54) is 18.4 Å². The van der Waals surface area contributed by atoms with E-state index in [9.17, 15) is 0 Å². The lowest BCUT2D eigenvalue weighted by Gasteiger charge is -2.03. The lowest BCUT2D eigenvalue weighted by Crippen LogP contribution is -2.15. The summed E-state index contributed by atoms with van der Waals surface area (Å²) < 4.78 is 7.08. The van der Waals surface area contributed by atoms with Gasteiger partial charge in [-0.25, -0.2) is 0 Å². The van der Waals surface area contributed by atoms with E-state index in [0.717, 1.165) is 40.6 Å². The summed E-state index contributed by atoms with van der Waals surface area (Å²) in [7, 11) is 0. The van der Waals surface area contributed by atoms with E-state index in [1.807, 2.05) is 12.1 Å². The molecule has 0 radical (unpaired) electrons. The Morgan fingerprint density at radius 2 is 2.21 bits per heavy atom. The van der Waals surface area contributed by atoms with Crippen molar-refractivity contribution in [1.29, 1.82) is 0 Å². The van der Waals surface area contributed by atoms with Crippen molar-refractivity contribution in [2.24, 2.45) is 0 Å². The van der Waals surface area contributed by atoms with Crippen LogP contribution in [0.5, 0.6) is 0 Å². The van der Waals surface area contributed by atoms with Crippen LogP contribution in [0.25, 0.3) is 11.0 Å². The molecule has 0 aliphatic heterocycles. The summed E-state index contributed by atoms with van der Waals surface area (Å²) in [6.07, 6.45) is 4.69. The topological polar surface area (TPSA) is 25.2 Å². The Hall–Kier alpha value is -0.510. The van der Waals surface area contributed by atoms with Crippen molar-refractivity contribution in [3.05, 3.63) is 33.0 Å². The molecule has 0 saturated heterocycles. The summed E-state index contributed by atoms with van der Waals surface area (Å²) in [5, 5.41) is 5.35. The molecule has 1 aliphatic rings. The van der Waals surface area contributed by atoms with Crippen LogP contribution in [0.3, 0.4) is 0 Å². The smallest absolute Gasteiger partial charge is 0.154 e. The van der Waals surface area contributed by atoms with Crippen LogP contribution in [0.15, 0.2) is 21.0 Å². The van der Waals surface area contributed by atoms with Gasteiger partial charge in [-0.15, -0.1) is 0 Å². The molecule has 1 aromatic carbocycles. The fourth-order valence-electron chi connectivity index (χ4n) is 2.42. The van der Waals surface area contributed by atoms with Crippen molar-refractivity contribution >= 4 is 38.5 Å². The summed E-state index contributed by atoms with van der Waals surface area (Å²) >= 11 is 9.87. The third kappa shape index (κ3) is 2.69. The van der Waals surface area contributed by atoms with Crippen LogP contribution >= 0.6 is 27.5 Å². The third-order valence-electron chi connectivity index (χ3n) is 3.55. The SMILES string of the molecule is CCCc1c(CNC2CC2)oc2c(Cl)ccc(Br)c12. The number of halogens is 2. The van der Waals surface area contributed by atoms with Gasteiger partial charge in [0, 0.05) is 21.5 Å². The first-order valence-electron chi connectivity index (χ1n) is 6.82. The fraction of sp³-hybridized carbons (Fsp3) is 0.467. The van der Waals surface area contributed by atoms with Gasteiger partial charge in [0.15, 0.2) is 5.58 Å². The summed E-state index contributed by atoms with van der Waals surface area (Å²) in [6.45, 7) is 2.99. The first-order chi connectivity index (χ1) is 9.20. The van der Waals surface area contributed by atoms with Crippen LogP contribution < -0.4 is 5.32 Å². The van der Waals surface area contributed by atoms with E-state index in [1.54, 1.807) is 0 Å².